The monoisotopic (exact) mass is 251 g/mol. The molecule has 6 heteroatoms. The molecule has 1 aromatic heterocycles. The van der Waals surface area contributed by atoms with E-state index >= 15 is 0 Å². The fourth-order valence-corrected chi connectivity index (χ4v) is 1.31. The Labute approximate surface area is 105 Å². The predicted molar refractivity (Wildman–Crippen MR) is 67.3 cm³/mol. The maximum Gasteiger partial charge on any atom is 0.251 e. The first kappa shape index (κ1) is 14.0. The summed E-state index contributed by atoms with van der Waals surface area (Å²) in [5.74, 6) is -0.731. The molecule has 1 heterocycles. The van der Waals surface area contributed by atoms with Gasteiger partial charge in [0.05, 0.1) is 6.54 Å². The summed E-state index contributed by atoms with van der Waals surface area (Å²) in [6, 6.07) is 2.65. The largest absolute Gasteiger partial charge is 0.350 e. The summed E-state index contributed by atoms with van der Waals surface area (Å²) in [7, 11) is 0. The van der Waals surface area contributed by atoms with E-state index in [0.29, 0.717) is 0 Å². The Bertz CT molecular complexity index is 500. The van der Waals surface area contributed by atoms with Gasteiger partial charge in [-0.25, -0.2) is 0 Å². The third kappa shape index (κ3) is 4.82. The fourth-order valence-electron chi connectivity index (χ4n) is 1.31. The van der Waals surface area contributed by atoms with Crippen molar-refractivity contribution >= 4 is 11.8 Å². The Morgan fingerprint density at radius 1 is 1.33 bits per heavy atom. The summed E-state index contributed by atoms with van der Waals surface area (Å²) >= 11 is 0. The Balaban J connectivity index is 2.52. The lowest BCUT2D eigenvalue weighted by atomic mass is 10.1. The number of hydrogen-bond donors (Lipinski definition) is 3. The summed E-state index contributed by atoms with van der Waals surface area (Å²) in [6.07, 6.45) is 1.38. The number of carbonyl (C=O) groups excluding carboxylic acids is 2. The summed E-state index contributed by atoms with van der Waals surface area (Å²) in [6.45, 7) is 5.43. The second kappa shape index (κ2) is 5.48. The topological polar surface area (TPSA) is 91.1 Å². The SMILES string of the molecule is CC(C)(C)NC(=O)CNC(=O)c1cc[nH]c(=O)c1. The number of rotatable bonds is 3. The fraction of sp³-hybridized carbons (Fsp3) is 0.417. The number of hydrogen-bond acceptors (Lipinski definition) is 3. The number of H-pyrrole nitrogens is 1. The Morgan fingerprint density at radius 2 is 2.00 bits per heavy atom. The van der Waals surface area contributed by atoms with Crippen molar-refractivity contribution in [2.24, 2.45) is 0 Å². The zero-order valence-electron chi connectivity index (χ0n) is 10.7. The molecule has 0 radical (unpaired) electrons. The van der Waals surface area contributed by atoms with Crippen LogP contribution < -0.4 is 16.2 Å². The highest BCUT2D eigenvalue weighted by atomic mass is 16.2. The number of nitrogens with one attached hydrogen (secondary N) is 3. The summed E-state index contributed by atoms with van der Waals surface area (Å²) in [5, 5.41) is 5.16. The molecule has 98 valence electrons. The molecular weight excluding hydrogens is 234 g/mol. The molecular formula is C12H17N3O3. The van der Waals surface area contributed by atoms with Gasteiger partial charge in [0.15, 0.2) is 0 Å². The van der Waals surface area contributed by atoms with E-state index in [4.69, 9.17) is 0 Å². The van der Waals surface area contributed by atoms with E-state index in [-0.39, 0.29) is 29.1 Å². The van der Waals surface area contributed by atoms with E-state index in [0.717, 1.165) is 0 Å². The lowest BCUT2D eigenvalue weighted by Gasteiger charge is -2.20. The van der Waals surface area contributed by atoms with Gasteiger partial charge in [-0.2, -0.15) is 0 Å². The highest BCUT2D eigenvalue weighted by molar-refractivity contribution is 5.96. The molecule has 0 saturated heterocycles. The first-order valence-electron chi connectivity index (χ1n) is 5.56. The zero-order valence-corrected chi connectivity index (χ0v) is 10.7. The molecule has 0 aliphatic heterocycles. The van der Waals surface area contributed by atoms with E-state index in [1.54, 1.807) is 0 Å². The Morgan fingerprint density at radius 3 is 2.56 bits per heavy atom. The van der Waals surface area contributed by atoms with E-state index in [9.17, 15) is 14.4 Å². The molecule has 0 fully saturated rings. The van der Waals surface area contributed by atoms with Crippen LogP contribution in [0.4, 0.5) is 0 Å². The maximum atomic E-state index is 11.6. The van der Waals surface area contributed by atoms with Crippen LogP contribution in [0.5, 0.6) is 0 Å². The van der Waals surface area contributed by atoms with E-state index in [2.05, 4.69) is 15.6 Å². The van der Waals surface area contributed by atoms with Gasteiger partial charge in [0.1, 0.15) is 0 Å². The predicted octanol–water partition coefficient (Wildman–Crippen LogP) is 0.0194. The molecule has 0 aromatic carbocycles. The third-order valence-electron chi connectivity index (χ3n) is 1.96. The highest BCUT2D eigenvalue weighted by Gasteiger charge is 2.14. The Hall–Kier alpha value is -2.11. The number of amides is 2. The van der Waals surface area contributed by atoms with E-state index < -0.39 is 5.91 Å². The summed E-state index contributed by atoms with van der Waals surface area (Å²) in [4.78, 5) is 36.5. The minimum absolute atomic E-state index is 0.122. The van der Waals surface area contributed by atoms with Gasteiger partial charge in [0.25, 0.3) is 5.91 Å². The smallest absolute Gasteiger partial charge is 0.251 e. The average molecular weight is 251 g/mol. The van der Waals surface area contributed by atoms with Crippen LogP contribution in [-0.2, 0) is 4.79 Å². The second-order valence-electron chi connectivity index (χ2n) is 4.92. The van der Waals surface area contributed by atoms with Crippen LogP contribution in [0.1, 0.15) is 31.1 Å². The van der Waals surface area contributed by atoms with Gasteiger partial charge in [-0.15, -0.1) is 0 Å². The van der Waals surface area contributed by atoms with Gasteiger partial charge in [-0.1, -0.05) is 0 Å². The van der Waals surface area contributed by atoms with E-state index in [1.165, 1.54) is 18.3 Å². The molecule has 1 rings (SSSR count). The number of carbonyl (C=O) groups is 2. The van der Waals surface area contributed by atoms with Crippen molar-refractivity contribution in [1.82, 2.24) is 15.6 Å². The lowest BCUT2D eigenvalue weighted by Crippen LogP contribution is -2.45. The van der Waals surface area contributed by atoms with Crippen LogP contribution in [-0.4, -0.2) is 28.9 Å². The molecule has 3 N–H and O–H groups in total. The third-order valence-corrected chi connectivity index (χ3v) is 1.96. The molecule has 0 spiro atoms. The molecule has 1 aromatic rings. The van der Waals surface area contributed by atoms with E-state index in [1.807, 2.05) is 20.8 Å². The molecule has 0 aliphatic rings. The summed E-state index contributed by atoms with van der Waals surface area (Å²) < 4.78 is 0. The second-order valence-corrected chi connectivity index (χ2v) is 4.92. The highest BCUT2D eigenvalue weighted by Crippen LogP contribution is 1.97. The van der Waals surface area contributed by atoms with Gasteiger partial charge in [0.2, 0.25) is 11.5 Å². The van der Waals surface area contributed by atoms with Gasteiger partial charge >= 0.3 is 0 Å². The van der Waals surface area contributed by atoms with Crippen molar-refractivity contribution in [2.75, 3.05) is 6.54 Å². The maximum absolute atomic E-state index is 11.6. The van der Waals surface area contributed by atoms with Gasteiger partial charge in [-0.3, -0.25) is 14.4 Å². The summed E-state index contributed by atoms with van der Waals surface area (Å²) in [5.41, 5.74) is -0.477. The van der Waals surface area contributed by atoms with Crippen molar-refractivity contribution in [3.8, 4) is 0 Å². The minimum Gasteiger partial charge on any atom is -0.350 e. The number of aromatic nitrogens is 1. The number of pyridine rings is 1. The molecule has 2 amide bonds. The molecule has 0 bridgehead atoms. The van der Waals surface area contributed by atoms with Gasteiger partial charge in [-0.05, 0) is 26.8 Å². The minimum atomic E-state index is -0.454. The molecule has 18 heavy (non-hydrogen) atoms. The first-order valence-corrected chi connectivity index (χ1v) is 5.56. The molecule has 0 atom stereocenters. The Kier molecular flexibility index (Phi) is 4.25. The van der Waals surface area contributed by atoms with Crippen LogP contribution >= 0.6 is 0 Å². The van der Waals surface area contributed by atoms with Crippen LogP contribution in [0, 0.1) is 0 Å². The number of aromatic amines is 1. The molecule has 0 saturated carbocycles. The van der Waals surface area contributed by atoms with Gasteiger partial charge in [0, 0.05) is 23.4 Å². The van der Waals surface area contributed by atoms with Crippen molar-refractivity contribution in [2.45, 2.75) is 26.3 Å². The molecule has 0 aliphatic carbocycles. The first-order chi connectivity index (χ1) is 8.28. The normalized spacial score (nSPS) is 10.8. The molecule has 6 nitrogen and oxygen atoms in total. The van der Waals surface area contributed by atoms with Crippen molar-refractivity contribution in [3.63, 3.8) is 0 Å². The molecule has 0 unspecified atom stereocenters. The van der Waals surface area contributed by atoms with Gasteiger partial charge < -0.3 is 15.6 Å². The van der Waals surface area contributed by atoms with Crippen LogP contribution in [0.3, 0.4) is 0 Å². The van der Waals surface area contributed by atoms with Crippen molar-refractivity contribution in [1.29, 1.82) is 0 Å². The lowest BCUT2D eigenvalue weighted by molar-refractivity contribution is -0.121. The van der Waals surface area contributed by atoms with Crippen molar-refractivity contribution < 1.29 is 9.59 Å². The van der Waals surface area contributed by atoms with Crippen LogP contribution in [0.15, 0.2) is 23.1 Å². The van der Waals surface area contributed by atoms with Crippen LogP contribution in [0.25, 0.3) is 0 Å². The van der Waals surface area contributed by atoms with Crippen molar-refractivity contribution in [3.05, 3.63) is 34.2 Å². The average Bonchev–Trinajstić information content (AvgIpc) is 2.23. The van der Waals surface area contributed by atoms with Crippen LogP contribution in [0.2, 0.25) is 0 Å². The zero-order chi connectivity index (χ0) is 13.8. The quantitative estimate of drug-likeness (QED) is 0.707. The standard InChI is InChI=1S/C12H17N3O3/c1-12(2,3)15-10(17)7-14-11(18)8-4-5-13-9(16)6-8/h4-6H,7H2,1-3H3,(H,13,16)(H,14,18)(H,15,17).